The number of benzene rings is 1. The van der Waals surface area contributed by atoms with Gasteiger partial charge in [0.1, 0.15) is 0 Å². The van der Waals surface area contributed by atoms with E-state index in [1.165, 1.54) is 0 Å². The number of carbonyl (C=O) groups is 1. The van der Waals surface area contributed by atoms with E-state index in [9.17, 15) is 4.79 Å². The molecule has 0 aliphatic carbocycles. The molecule has 0 saturated carbocycles. The molecule has 0 bridgehead atoms. The lowest BCUT2D eigenvalue weighted by molar-refractivity contribution is 0.0318. The Balaban J connectivity index is 1.63. The predicted molar refractivity (Wildman–Crippen MR) is 93.0 cm³/mol. The normalized spacial score (nSPS) is 15.9. The number of nitrogens with one attached hydrogen (secondary N) is 2. The van der Waals surface area contributed by atoms with Crippen LogP contribution in [0, 0.1) is 3.57 Å². The van der Waals surface area contributed by atoms with Gasteiger partial charge in [-0.25, -0.2) is 0 Å². The third-order valence-electron chi connectivity index (χ3n) is 3.43. The van der Waals surface area contributed by atoms with Crippen LogP contribution in [0.1, 0.15) is 29.6 Å². The summed E-state index contributed by atoms with van der Waals surface area (Å²) in [5.74, 6) is -0.0878. The van der Waals surface area contributed by atoms with Gasteiger partial charge in [0.2, 0.25) is 0 Å². The number of hydrogen-bond donors (Lipinski definition) is 2. The number of amides is 1. The van der Waals surface area contributed by atoms with Gasteiger partial charge in [-0.15, -0.1) is 0 Å². The molecule has 4 nitrogen and oxygen atoms in total. The van der Waals surface area contributed by atoms with E-state index in [1.54, 1.807) is 12.1 Å². The van der Waals surface area contributed by atoms with E-state index in [0.717, 1.165) is 35.9 Å². The average molecular weight is 423 g/mol. The summed E-state index contributed by atoms with van der Waals surface area (Å²) >= 11 is 8.16. The van der Waals surface area contributed by atoms with Gasteiger partial charge in [0, 0.05) is 22.3 Å². The van der Waals surface area contributed by atoms with Crippen LogP contribution in [-0.4, -0.2) is 38.3 Å². The van der Waals surface area contributed by atoms with E-state index >= 15 is 0 Å². The van der Waals surface area contributed by atoms with Crippen molar-refractivity contribution in [3.05, 3.63) is 32.4 Å². The molecule has 1 saturated heterocycles. The fourth-order valence-electron chi connectivity index (χ4n) is 2.23. The van der Waals surface area contributed by atoms with Crippen LogP contribution >= 0.6 is 34.2 Å². The van der Waals surface area contributed by atoms with Crippen molar-refractivity contribution in [3.8, 4) is 0 Å². The molecule has 1 aliphatic heterocycles. The van der Waals surface area contributed by atoms with Crippen molar-refractivity contribution >= 4 is 40.1 Å². The molecular formula is C15H20ClIN2O2. The lowest BCUT2D eigenvalue weighted by Crippen LogP contribution is -2.33. The van der Waals surface area contributed by atoms with Crippen LogP contribution in [0.2, 0.25) is 5.02 Å². The van der Waals surface area contributed by atoms with Crippen molar-refractivity contribution in [3.63, 3.8) is 0 Å². The Bertz CT molecular complexity index is 479. The summed E-state index contributed by atoms with van der Waals surface area (Å²) in [7, 11) is 0. The topological polar surface area (TPSA) is 50.4 Å². The number of ether oxygens (including phenoxy) is 1. The highest BCUT2D eigenvalue weighted by Crippen LogP contribution is 2.19. The minimum Gasteiger partial charge on any atom is -0.378 e. The first-order valence-electron chi connectivity index (χ1n) is 7.22. The van der Waals surface area contributed by atoms with E-state index < -0.39 is 0 Å². The molecule has 0 unspecified atom stereocenters. The standard InChI is InChI=1S/C15H20ClIN2O2/c16-13-10-11(2-3-14(13)17)15(20)19-6-1-9-21-12-4-7-18-8-5-12/h2-3,10,12,18H,1,4-9H2,(H,19,20). The largest absolute Gasteiger partial charge is 0.378 e. The van der Waals surface area contributed by atoms with Gasteiger partial charge in [0.25, 0.3) is 5.91 Å². The molecule has 0 spiro atoms. The Morgan fingerprint density at radius 2 is 2.19 bits per heavy atom. The molecule has 2 N–H and O–H groups in total. The summed E-state index contributed by atoms with van der Waals surface area (Å²) in [6.07, 6.45) is 3.35. The lowest BCUT2D eigenvalue weighted by atomic mass is 10.1. The smallest absolute Gasteiger partial charge is 0.251 e. The van der Waals surface area contributed by atoms with Crippen molar-refractivity contribution in [2.45, 2.75) is 25.4 Å². The Morgan fingerprint density at radius 1 is 1.43 bits per heavy atom. The summed E-state index contributed by atoms with van der Waals surface area (Å²) in [5.41, 5.74) is 0.597. The molecule has 1 amide bonds. The second-order valence-corrected chi connectivity index (χ2v) is 6.63. The van der Waals surface area contributed by atoms with E-state index in [1.807, 2.05) is 6.07 Å². The molecule has 1 fully saturated rings. The van der Waals surface area contributed by atoms with Crippen molar-refractivity contribution in [1.82, 2.24) is 10.6 Å². The maximum absolute atomic E-state index is 12.0. The van der Waals surface area contributed by atoms with Gasteiger partial charge >= 0.3 is 0 Å². The quantitative estimate of drug-likeness (QED) is 0.547. The highest BCUT2D eigenvalue weighted by Gasteiger charge is 2.12. The van der Waals surface area contributed by atoms with Crippen LogP contribution in [0.3, 0.4) is 0 Å². The average Bonchev–Trinajstić information content (AvgIpc) is 2.50. The molecule has 0 atom stereocenters. The summed E-state index contributed by atoms with van der Waals surface area (Å²) in [6.45, 7) is 3.38. The number of rotatable bonds is 6. The van der Waals surface area contributed by atoms with Gasteiger partial charge < -0.3 is 15.4 Å². The predicted octanol–water partition coefficient (Wildman–Crippen LogP) is 2.83. The zero-order valence-corrected chi connectivity index (χ0v) is 14.7. The highest BCUT2D eigenvalue weighted by atomic mass is 127. The second kappa shape index (κ2) is 8.92. The van der Waals surface area contributed by atoms with Crippen molar-refractivity contribution in [2.24, 2.45) is 0 Å². The van der Waals surface area contributed by atoms with Gasteiger partial charge in [-0.05, 0) is 73.1 Å². The van der Waals surface area contributed by atoms with E-state index in [2.05, 4.69) is 33.2 Å². The fourth-order valence-corrected chi connectivity index (χ4v) is 2.74. The molecule has 1 heterocycles. The monoisotopic (exact) mass is 422 g/mol. The van der Waals surface area contributed by atoms with Crippen LogP contribution in [-0.2, 0) is 4.74 Å². The molecule has 1 aromatic carbocycles. The molecule has 1 aliphatic rings. The van der Waals surface area contributed by atoms with Gasteiger partial charge in [0.15, 0.2) is 0 Å². The summed E-state index contributed by atoms with van der Waals surface area (Å²) in [4.78, 5) is 12.0. The summed E-state index contributed by atoms with van der Waals surface area (Å²) in [6, 6.07) is 5.33. The maximum Gasteiger partial charge on any atom is 0.251 e. The Morgan fingerprint density at radius 3 is 2.90 bits per heavy atom. The fraction of sp³-hybridized carbons (Fsp3) is 0.533. The molecule has 6 heteroatoms. The number of halogens is 2. The van der Waals surface area contributed by atoms with Gasteiger partial charge in [-0.1, -0.05) is 11.6 Å². The zero-order chi connectivity index (χ0) is 15.1. The third kappa shape index (κ3) is 5.73. The van der Waals surface area contributed by atoms with E-state index in [0.29, 0.717) is 29.8 Å². The van der Waals surface area contributed by atoms with Crippen LogP contribution in [0.4, 0.5) is 0 Å². The first kappa shape index (κ1) is 17.0. The first-order chi connectivity index (χ1) is 10.2. The Hall–Kier alpha value is -0.370. The van der Waals surface area contributed by atoms with Gasteiger partial charge in [0.05, 0.1) is 11.1 Å². The van der Waals surface area contributed by atoms with Crippen LogP contribution in [0.25, 0.3) is 0 Å². The van der Waals surface area contributed by atoms with Gasteiger partial charge in [-0.2, -0.15) is 0 Å². The molecular weight excluding hydrogens is 403 g/mol. The maximum atomic E-state index is 12.0. The SMILES string of the molecule is O=C(NCCCOC1CCNCC1)c1ccc(I)c(Cl)c1. The molecule has 1 aromatic rings. The number of carbonyl (C=O) groups excluding carboxylic acids is 1. The number of piperidine rings is 1. The van der Waals surface area contributed by atoms with Gasteiger partial charge in [-0.3, -0.25) is 4.79 Å². The van der Waals surface area contributed by atoms with Crippen LogP contribution in [0.15, 0.2) is 18.2 Å². The van der Waals surface area contributed by atoms with Crippen molar-refractivity contribution < 1.29 is 9.53 Å². The zero-order valence-electron chi connectivity index (χ0n) is 11.8. The third-order valence-corrected chi connectivity index (χ3v) is 5.00. The molecule has 2 rings (SSSR count). The molecule has 0 radical (unpaired) electrons. The summed E-state index contributed by atoms with van der Waals surface area (Å²) in [5, 5.41) is 6.81. The summed E-state index contributed by atoms with van der Waals surface area (Å²) < 4.78 is 6.74. The van der Waals surface area contributed by atoms with Crippen LogP contribution in [0.5, 0.6) is 0 Å². The lowest BCUT2D eigenvalue weighted by Gasteiger charge is -2.22. The van der Waals surface area contributed by atoms with Crippen LogP contribution < -0.4 is 10.6 Å². The highest BCUT2D eigenvalue weighted by molar-refractivity contribution is 14.1. The Labute approximate surface area is 144 Å². The van der Waals surface area contributed by atoms with E-state index in [4.69, 9.17) is 16.3 Å². The molecule has 0 aromatic heterocycles. The van der Waals surface area contributed by atoms with Crippen molar-refractivity contribution in [1.29, 1.82) is 0 Å². The minimum atomic E-state index is -0.0878. The number of hydrogen-bond acceptors (Lipinski definition) is 3. The van der Waals surface area contributed by atoms with E-state index in [-0.39, 0.29) is 5.91 Å². The van der Waals surface area contributed by atoms with Crippen molar-refractivity contribution in [2.75, 3.05) is 26.2 Å². The first-order valence-corrected chi connectivity index (χ1v) is 8.68. The minimum absolute atomic E-state index is 0.0878. The Kier molecular flexibility index (Phi) is 7.22. The molecule has 21 heavy (non-hydrogen) atoms. The molecule has 116 valence electrons. The second-order valence-electron chi connectivity index (χ2n) is 5.06.